The molecule has 0 atom stereocenters. The van der Waals surface area contributed by atoms with Crippen LogP contribution >= 0.6 is 15.9 Å². The lowest BCUT2D eigenvalue weighted by Gasteiger charge is -2.11. The summed E-state index contributed by atoms with van der Waals surface area (Å²) in [5.41, 5.74) is 0.392. The number of nitro benzene ring substituents is 1. The molecule has 0 aliphatic carbocycles. The number of rotatable bonds is 5. The number of methoxy groups -OCH3 is 1. The van der Waals surface area contributed by atoms with E-state index in [9.17, 15) is 19.3 Å². The van der Waals surface area contributed by atoms with Crippen LogP contribution < -0.4 is 15.7 Å². The molecule has 0 aliphatic rings. The molecule has 10 nitrogen and oxygen atoms in total. The van der Waals surface area contributed by atoms with Crippen LogP contribution in [0.3, 0.4) is 0 Å². The van der Waals surface area contributed by atoms with Gasteiger partial charge in [0.05, 0.1) is 28.8 Å². The van der Waals surface area contributed by atoms with Crippen molar-refractivity contribution in [1.82, 2.24) is 19.1 Å². The summed E-state index contributed by atoms with van der Waals surface area (Å²) in [4.78, 5) is 31.5. The summed E-state index contributed by atoms with van der Waals surface area (Å²) >= 11 is 3.39. The summed E-state index contributed by atoms with van der Waals surface area (Å²) in [7, 11) is 2.95. The van der Waals surface area contributed by atoms with Gasteiger partial charge in [-0.25, -0.2) is 14.3 Å². The van der Waals surface area contributed by atoms with E-state index in [4.69, 9.17) is 4.74 Å². The minimum atomic E-state index is -1.03. The van der Waals surface area contributed by atoms with Crippen LogP contribution in [0.25, 0.3) is 16.9 Å². The Morgan fingerprint density at radius 1 is 1.23 bits per heavy atom. The number of aromatic nitrogens is 4. The molecule has 2 aromatic heterocycles. The zero-order valence-electron chi connectivity index (χ0n) is 16.2. The Kier molecular flexibility index (Phi) is 5.15. The van der Waals surface area contributed by atoms with E-state index in [1.54, 1.807) is 25.2 Å². The number of halogens is 2. The molecule has 4 aromatic rings. The molecule has 158 valence electrons. The van der Waals surface area contributed by atoms with Crippen LogP contribution in [0.2, 0.25) is 0 Å². The third-order valence-electron chi connectivity index (χ3n) is 4.60. The predicted octanol–water partition coefficient (Wildman–Crippen LogP) is 3.68. The summed E-state index contributed by atoms with van der Waals surface area (Å²) in [5.74, 6) is -0.677. The number of benzene rings is 2. The van der Waals surface area contributed by atoms with Crippen molar-refractivity contribution in [2.24, 2.45) is 7.05 Å². The lowest BCUT2D eigenvalue weighted by Crippen LogP contribution is -2.21. The van der Waals surface area contributed by atoms with Gasteiger partial charge in [-0.1, -0.05) is 15.9 Å². The summed E-state index contributed by atoms with van der Waals surface area (Å²) in [6, 6.07) is 8.85. The van der Waals surface area contributed by atoms with E-state index in [0.29, 0.717) is 11.0 Å². The number of anilines is 2. The Hall–Kier alpha value is -3.80. The van der Waals surface area contributed by atoms with Crippen LogP contribution in [0.15, 0.2) is 51.9 Å². The molecule has 0 radical (unpaired) electrons. The number of nitrogens with one attached hydrogen (secondary N) is 1. The summed E-state index contributed by atoms with van der Waals surface area (Å²) in [5, 5.41) is 13.9. The lowest BCUT2D eigenvalue weighted by atomic mass is 10.2. The first kappa shape index (κ1) is 20.5. The molecule has 2 heterocycles. The molecular weight excluding hydrogens is 475 g/mol. The fraction of sp³-hybridized carbons (Fsp3) is 0.105. The highest BCUT2D eigenvalue weighted by Crippen LogP contribution is 2.33. The van der Waals surface area contributed by atoms with Crippen LogP contribution in [0.1, 0.15) is 0 Å². The molecule has 0 unspecified atom stereocenters. The minimum absolute atomic E-state index is 0.0317. The van der Waals surface area contributed by atoms with Crippen LogP contribution in [-0.2, 0) is 7.05 Å². The van der Waals surface area contributed by atoms with Gasteiger partial charge in [-0.2, -0.15) is 9.37 Å². The van der Waals surface area contributed by atoms with E-state index in [1.165, 1.54) is 22.4 Å². The van der Waals surface area contributed by atoms with E-state index < -0.39 is 16.4 Å². The van der Waals surface area contributed by atoms with Gasteiger partial charge in [0, 0.05) is 35.9 Å². The maximum absolute atomic E-state index is 13.9. The minimum Gasteiger partial charge on any atom is -0.494 e. The van der Waals surface area contributed by atoms with Gasteiger partial charge in [0.25, 0.3) is 0 Å². The summed E-state index contributed by atoms with van der Waals surface area (Å²) in [6.07, 6.45) is 1.43. The van der Waals surface area contributed by atoms with Crippen molar-refractivity contribution in [1.29, 1.82) is 0 Å². The first-order chi connectivity index (χ1) is 14.8. The molecule has 1 N–H and O–H groups in total. The molecule has 0 aliphatic heterocycles. The molecule has 0 bridgehead atoms. The molecule has 4 rings (SSSR count). The van der Waals surface area contributed by atoms with Gasteiger partial charge in [-0.05, 0) is 18.2 Å². The standard InChI is InChI=1S/C19H14BrFN6O4/c1-25-15-7-10(20)3-4-13(15)26(19(25)28)17-5-6-22-18(24-17)23-12-9-14(27(29)30)11(21)8-16(12)31-2/h3-9H,1-2H3,(H,22,23,24). The summed E-state index contributed by atoms with van der Waals surface area (Å²) < 4.78 is 22.7. The van der Waals surface area contributed by atoms with Crippen molar-refractivity contribution >= 4 is 44.3 Å². The normalized spacial score (nSPS) is 11.0. The quantitative estimate of drug-likeness (QED) is 0.336. The average Bonchev–Trinajstić information content (AvgIpc) is 2.99. The molecule has 0 saturated heterocycles. The molecular formula is C19H14BrFN6O4. The lowest BCUT2D eigenvalue weighted by molar-refractivity contribution is -0.387. The van der Waals surface area contributed by atoms with Gasteiger partial charge in [0.15, 0.2) is 0 Å². The molecule has 31 heavy (non-hydrogen) atoms. The first-order valence-corrected chi connectivity index (χ1v) is 9.59. The predicted molar refractivity (Wildman–Crippen MR) is 115 cm³/mol. The largest absolute Gasteiger partial charge is 0.494 e. The van der Waals surface area contributed by atoms with Crippen molar-refractivity contribution in [2.75, 3.05) is 12.4 Å². The zero-order valence-corrected chi connectivity index (χ0v) is 17.8. The highest BCUT2D eigenvalue weighted by atomic mass is 79.9. The van der Waals surface area contributed by atoms with Crippen molar-refractivity contribution in [3.63, 3.8) is 0 Å². The fourth-order valence-corrected chi connectivity index (χ4v) is 3.49. The Morgan fingerprint density at radius 2 is 2.00 bits per heavy atom. The SMILES string of the molecule is COc1cc(F)c([N+](=O)[O-])cc1Nc1nccc(-n2c(=O)n(C)c3cc(Br)ccc32)n1. The zero-order chi connectivity index (χ0) is 22.3. The van der Waals surface area contributed by atoms with E-state index in [1.807, 2.05) is 6.07 Å². The average molecular weight is 489 g/mol. The maximum atomic E-state index is 13.9. The van der Waals surface area contributed by atoms with Crippen molar-refractivity contribution in [3.05, 3.63) is 73.5 Å². The van der Waals surface area contributed by atoms with Gasteiger partial charge >= 0.3 is 11.4 Å². The van der Waals surface area contributed by atoms with E-state index in [-0.39, 0.29) is 28.9 Å². The number of imidazole rings is 1. The molecule has 2 aromatic carbocycles. The van der Waals surface area contributed by atoms with Gasteiger partial charge < -0.3 is 10.1 Å². The number of hydrogen-bond donors (Lipinski definition) is 1. The monoisotopic (exact) mass is 488 g/mol. The Labute approximate surface area is 182 Å². The van der Waals surface area contributed by atoms with Crippen molar-refractivity contribution in [3.8, 4) is 11.6 Å². The van der Waals surface area contributed by atoms with Crippen molar-refractivity contribution < 1.29 is 14.1 Å². The second kappa shape index (κ2) is 7.80. The Balaban J connectivity index is 1.81. The van der Waals surface area contributed by atoms with Crippen molar-refractivity contribution in [2.45, 2.75) is 0 Å². The number of nitrogens with zero attached hydrogens (tertiary/aromatic N) is 5. The molecule has 0 saturated carbocycles. The smallest absolute Gasteiger partial charge is 0.334 e. The highest BCUT2D eigenvalue weighted by molar-refractivity contribution is 9.10. The van der Waals surface area contributed by atoms with E-state index in [0.717, 1.165) is 16.6 Å². The van der Waals surface area contributed by atoms with Gasteiger partial charge in [-0.3, -0.25) is 14.7 Å². The van der Waals surface area contributed by atoms with Gasteiger partial charge in [0.2, 0.25) is 11.8 Å². The van der Waals surface area contributed by atoms with E-state index in [2.05, 4.69) is 31.2 Å². The number of nitro groups is 1. The molecule has 12 heteroatoms. The molecule has 0 spiro atoms. The number of aryl methyl sites for hydroxylation is 1. The third kappa shape index (κ3) is 3.61. The Morgan fingerprint density at radius 3 is 2.71 bits per heavy atom. The maximum Gasteiger partial charge on any atom is 0.334 e. The molecule has 0 amide bonds. The second-order valence-corrected chi connectivity index (χ2v) is 7.35. The third-order valence-corrected chi connectivity index (χ3v) is 5.09. The van der Waals surface area contributed by atoms with Gasteiger partial charge in [-0.15, -0.1) is 0 Å². The number of hydrogen-bond acceptors (Lipinski definition) is 7. The molecule has 0 fully saturated rings. The number of fused-ring (bicyclic) bond motifs is 1. The van der Waals surface area contributed by atoms with E-state index >= 15 is 0 Å². The fourth-order valence-electron chi connectivity index (χ4n) is 3.14. The van der Waals surface area contributed by atoms with Crippen LogP contribution in [0.4, 0.5) is 21.7 Å². The highest BCUT2D eigenvalue weighted by Gasteiger charge is 2.20. The number of ether oxygens (including phenoxy) is 1. The summed E-state index contributed by atoms with van der Waals surface area (Å²) in [6.45, 7) is 0. The van der Waals surface area contributed by atoms with Crippen LogP contribution in [0, 0.1) is 15.9 Å². The second-order valence-electron chi connectivity index (χ2n) is 6.43. The van der Waals surface area contributed by atoms with Crippen LogP contribution in [0.5, 0.6) is 5.75 Å². The van der Waals surface area contributed by atoms with Crippen LogP contribution in [-0.4, -0.2) is 31.1 Å². The Bertz CT molecular complexity index is 1400. The topological polar surface area (TPSA) is 117 Å². The first-order valence-electron chi connectivity index (χ1n) is 8.79. The van der Waals surface area contributed by atoms with Gasteiger partial charge in [0.1, 0.15) is 11.6 Å².